The molecule has 13 heavy (non-hydrogen) atoms. The van der Waals surface area contributed by atoms with Gasteiger partial charge in [-0.25, -0.2) is 0 Å². The minimum atomic E-state index is -0.522. The Bertz CT molecular complexity index is 301. The monoisotopic (exact) mass is 178 g/mol. The van der Waals surface area contributed by atoms with Crippen LogP contribution in [0.4, 0.5) is 0 Å². The van der Waals surface area contributed by atoms with Crippen LogP contribution in [0, 0.1) is 6.92 Å². The summed E-state index contributed by atoms with van der Waals surface area (Å²) in [5, 5.41) is 0. The van der Waals surface area contributed by atoms with E-state index in [1.54, 1.807) is 0 Å². The van der Waals surface area contributed by atoms with Crippen LogP contribution < -0.4 is 0 Å². The van der Waals surface area contributed by atoms with E-state index in [2.05, 4.69) is 19.1 Å². The van der Waals surface area contributed by atoms with Crippen molar-refractivity contribution in [3.63, 3.8) is 0 Å². The van der Waals surface area contributed by atoms with Gasteiger partial charge >= 0.3 is 0 Å². The van der Waals surface area contributed by atoms with Gasteiger partial charge in [0.25, 0.3) is 0 Å². The van der Waals surface area contributed by atoms with E-state index in [0.717, 1.165) is 5.56 Å². The van der Waals surface area contributed by atoms with Crippen LogP contribution in [0.1, 0.15) is 18.1 Å². The Balaban J connectivity index is 2.39. The third-order valence-electron chi connectivity index (χ3n) is 2.47. The molecule has 0 aromatic heterocycles. The molecule has 1 aliphatic rings. The Kier molecular flexibility index (Phi) is 2.10. The van der Waals surface area contributed by atoms with Crippen molar-refractivity contribution >= 4 is 0 Å². The maximum Gasteiger partial charge on any atom is 0.192 e. The highest BCUT2D eigenvalue weighted by molar-refractivity contribution is 5.29. The average Bonchev–Trinajstić information content (AvgIpc) is 2.54. The van der Waals surface area contributed by atoms with Gasteiger partial charge in [-0.05, 0) is 19.4 Å². The fourth-order valence-corrected chi connectivity index (χ4v) is 1.75. The van der Waals surface area contributed by atoms with Crippen molar-refractivity contribution in [3.05, 3.63) is 35.4 Å². The molecule has 0 saturated carbocycles. The number of ether oxygens (including phenoxy) is 2. The first-order chi connectivity index (χ1) is 6.22. The number of aryl methyl sites for hydroxylation is 1. The number of hydrogen-bond acceptors (Lipinski definition) is 2. The molecule has 2 rings (SSSR count). The van der Waals surface area contributed by atoms with Crippen LogP contribution in [0.3, 0.4) is 0 Å². The lowest BCUT2D eigenvalue weighted by atomic mass is 10.0. The summed E-state index contributed by atoms with van der Waals surface area (Å²) >= 11 is 0. The molecule has 1 fully saturated rings. The minimum Gasteiger partial charge on any atom is -0.344 e. The molecular formula is C11H14O2. The van der Waals surface area contributed by atoms with Gasteiger partial charge in [0.15, 0.2) is 5.79 Å². The number of rotatable bonds is 1. The van der Waals surface area contributed by atoms with E-state index in [-0.39, 0.29) is 0 Å². The topological polar surface area (TPSA) is 18.5 Å². The normalized spacial score (nSPS) is 20.5. The van der Waals surface area contributed by atoms with E-state index >= 15 is 0 Å². The Morgan fingerprint density at radius 3 is 2.38 bits per heavy atom. The van der Waals surface area contributed by atoms with Crippen LogP contribution in [0.25, 0.3) is 0 Å². The lowest BCUT2D eigenvalue weighted by Crippen LogP contribution is -2.23. The van der Waals surface area contributed by atoms with Crippen LogP contribution in [0.15, 0.2) is 24.3 Å². The van der Waals surface area contributed by atoms with Crippen molar-refractivity contribution in [3.8, 4) is 0 Å². The van der Waals surface area contributed by atoms with Gasteiger partial charge in [-0.2, -0.15) is 0 Å². The maximum absolute atomic E-state index is 5.59. The van der Waals surface area contributed by atoms with Crippen LogP contribution >= 0.6 is 0 Å². The van der Waals surface area contributed by atoms with E-state index in [1.807, 2.05) is 19.1 Å². The molecule has 1 aliphatic heterocycles. The van der Waals surface area contributed by atoms with Gasteiger partial charge in [-0.15, -0.1) is 0 Å². The summed E-state index contributed by atoms with van der Waals surface area (Å²) in [4.78, 5) is 0. The predicted molar refractivity (Wildman–Crippen MR) is 50.4 cm³/mol. The number of benzene rings is 1. The molecule has 1 aromatic carbocycles. The summed E-state index contributed by atoms with van der Waals surface area (Å²) in [6, 6.07) is 8.17. The molecular weight excluding hydrogens is 164 g/mol. The smallest absolute Gasteiger partial charge is 0.192 e. The standard InChI is InChI=1S/C11H14O2/c1-9-5-3-4-6-10(9)11(2)12-7-8-13-11/h3-6H,7-8H2,1-2H3. The van der Waals surface area contributed by atoms with Crippen LogP contribution in [-0.2, 0) is 15.3 Å². The molecule has 0 radical (unpaired) electrons. The zero-order valence-electron chi connectivity index (χ0n) is 8.04. The molecule has 0 aliphatic carbocycles. The van der Waals surface area contributed by atoms with Crippen LogP contribution in [-0.4, -0.2) is 13.2 Å². The fraction of sp³-hybridized carbons (Fsp3) is 0.455. The van der Waals surface area contributed by atoms with E-state index in [9.17, 15) is 0 Å². The molecule has 1 aromatic rings. The van der Waals surface area contributed by atoms with E-state index in [0.29, 0.717) is 13.2 Å². The third-order valence-corrected chi connectivity index (χ3v) is 2.47. The molecule has 2 heteroatoms. The molecule has 0 spiro atoms. The molecule has 0 N–H and O–H groups in total. The van der Waals surface area contributed by atoms with Gasteiger partial charge in [0.05, 0.1) is 13.2 Å². The first-order valence-electron chi connectivity index (χ1n) is 4.56. The summed E-state index contributed by atoms with van der Waals surface area (Å²) in [5.41, 5.74) is 2.35. The lowest BCUT2D eigenvalue weighted by Gasteiger charge is -2.24. The highest BCUT2D eigenvalue weighted by Gasteiger charge is 2.33. The van der Waals surface area contributed by atoms with Crippen molar-refractivity contribution in [1.82, 2.24) is 0 Å². The Hall–Kier alpha value is -0.860. The van der Waals surface area contributed by atoms with E-state index in [4.69, 9.17) is 9.47 Å². The number of hydrogen-bond donors (Lipinski definition) is 0. The lowest BCUT2D eigenvalue weighted by molar-refractivity contribution is -0.150. The second-order valence-electron chi connectivity index (χ2n) is 3.46. The van der Waals surface area contributed by atoms with E-state index in [1.165, 1.54) is 5.56 Å². The van der Waals surface area contributed by atoms with Crippen molar-refractivity contribution in [2.24, 2.45) is 0 Å². The third kappa shape index (κ3) is 1.47. The molecule has 70 valence electrons. The van der Waals surface area contributed by atoms with Crippen LogP contribution in [0.2, 0.25) is 0 Å². The zero-order chi connectivity index (χ0) is 9.31. The molecule has 0 atom stereocenters. The Morgan fingerprint density at radius 2 is 1.77 bits per heavy atom. The quantitative estimate of drug-likeness (QED) is 0.656. The van der Waals surface area contributed by atoms with Crippen molar-refractivity contribution in [2.75, 3.05) is 13.2 Å². The second-order valence-corrected chi connectivity index (χ2v) is 3.46. The second kappa shape index (κ2) is 3.13. The summed E-state index contributed by atoms with van der Waals surface area (Å²) in [6.45, 7) is 5.42. The average molecular weight is 178 g/mol. The van der Waals surface area contributed by atoms with Crippen molar-refractivity contribution in [1.29, 1.82) is 0 Å². The van der Waals surface area contributed by atoms with Gasteiger partial charge in [0.2, 0.25) is 0 Å². The van der Waals surface area contributed by atoms with Crippen molar-refractivity contribution in [2.45, 2.75) is 19.6 Å². The molecule has 0 amide bonds. The van der Waals surface area contributed by atoms with E-state index < -0.39 is 5.79 Å². The van der Waals surface area contributed by atoms with Gasteiger partial charge < -0.3 is 9.47 Å². The highest BCUT2D eigenvalue weighted by Crippen LogP contribution is 2.32. The zero-order valence-corrected chi connectivity index (χ0v) is 8.04. The largest absolute Gasteiger partial charge is 0.344 e. The molecule has 1 saturated heterocycles. The first kappa shape index (κ1) is 8.73. The summed E-state index contributed by atoms with van der Waals surface area (Å²) in [6.07, 6.45) is 0. The van der Waals surface area contributed by atoms with Crippen molar-refractivity contribution < 1.29 is 9.47 Å². The van der Waals surface area contributed by atoms with Gasteiger partial charge in [-0.1, -0.05) is 24.3 Å². The van der Waals surface area contributed by atoms with Gasteiger partial charge in [0.1, 0.15) is 0 Å². The predicted octanol–water partition coefficient (Wildman–Crippen LogP) is 2.21. The minimum absolute atomic E-state index is 0.522. The van der Waals surface area contributed by atoms with Gasteiger partial charge in [-0.3, -0.25) is 0 Å². The molecule has 2 nitrogen and oxygen atoms in total. The highest BCUT2D eigenvalue weighted by atomic mass is 16.7. The first-order valence-corrected chi connectivity index (χ1v) is 4.56. The summed E-state index contributed by atoms with van der Waals surface area (Å²) < 4.78 is 11.2. The van der Waals surface area contributed by atoms with Crippen LogP contribution in [0.5, 0.6) is 0 Å². The maximum atomic E-state index is 5.59. The summed E-state index contributed by atoms with van der Waals surface area (Å²) in [7, 11) is 0. The SMILES string of the molecule is Cc1ccccc1C1(C)OCCO1. The molecule has 0 unspecified atom stereocenters. The Labute approximate surface area is 78.5 Å². The van der Waals surface area contributed by atoms with Gasteiger partial charge in [0, 0.05) is 5.56 Å². The summed E-state index contributed by atoms with van der Waals surface area (Å²) in [5.74, 6) is -0.522. The molecule has 0 bridgehead atoms. The Morgan fingerprint density at radius 1 is 1.15 bits per heavy atom. The molecule has 1 heterocycles. The fourth-order valence-electron chi connectivity index (χ4n) is 1.75.